The lowest BCUT2D eigenvalue weighted by atomic mass is 9.96. The molecule has 0 unspecified atom stereocenters. The van der Waals surface area contributed by atoms with Gasteiger partial charge in [0.05, 0.1) is 5.52 Å². The van der Waals surface area contributed by atoms with Crippen molar-refractivity contribution in [1.82, 2.24) is 19.7 Å². The van der Waals surface area contributed by atoms with Gasteiger partial charge in [0.15, 0.2) is 5.82 Å². The monoisotopic (exact) mass is 396 g/mol. The number of rotatable bonds is 4. The standard InChI is InChI=1S/C20H21FN4O.C3H8/c1-14-12-17(19(21)20-16(14)5-8-22-20)15-4-2-9-24(13-15)18(26)6-11-25-10-3-7-23-25;1-3-2/h3-5,7-8,10,12,22H,2,6,9,11,13H2,1H3;3H2,1-2H3. The molecule has 1 aliphatic rings. The number of carbonyl (C=O) groups excluding carboxylic acids is 1. The summed E-state index contributed by atoms with van der Waals surface area (Å²) in [4.78, 5) is 17.3. The Morgan fingerprint density at radius 2 is 2.14 bits per heavy atom. The van der Waals surface area contributed by atoms with E-state index in [-0.39, 0.29) is 11.7 Å². The van der Waals surface area contributed by atoms with Gasteiger partial charge in [-0.1, -0.05) is 26.3 Å². The van der Waals surface area contributed by atoms with Crippen LogP contribution in [0.25, 0.3) is 16.5 Å². The molecule has 154 valence electrons. The highest BCUT2D eigenvalue weighted by atomic mass is 19.1. The molecule has 0 saturated carbocycles. The Labute approximate surface area is 171 Å². The minimum absolute atomic E-state index is 0.0733. The molecule has 2 aromatic heterocycles. The lowest BCUT2D eigenvalue weighted by molar-refractivity contribution is -0.131. The normalized spacial score (nSPS) is 13.8. The van der Waals surface area contributed by atoms with E-state index in [0.717, 1.165) is 22.9 Å². The first kappa shape index (κ1) is 20.8. The van der Waals surface area contributed by atoms with Crippen LogP contribution < -0.4 is 0 Å². The predicted molar refractivity (Wildman–Crippen MR) is 115 cm³/mol. The summed E-state index contributed by atoms with van der Waals surface area (Å²) in [5.41, 5.74) is 3.02. The first-order valence-electron chi connectivity index (χ1n) is 10.3. The highest BCUT2D eigenvalue weighted by Gasteiger charge is 2.22. The highest BCUT2D eigenvalue weighted by Crippen LogP contribution is 2.30. The van der Waals surface area contributed by atoms with Crippen LogP contribution >= 0.6 is 0 Å². The van der Waals surface area contributed by atoms with Gasteiger partial charge >= 0.3 is 0 Å². The van der Waals surface area contributed by atoms with Gasteiger partial charge in [-0.15, -0.1) is 0 Å². The number of carbonyl (C=O) groups is 1. The van der Waals surface area contributed by atoms with E-state index in [9.17, 15) is 9.18 Å². The number of halogens is 1. The summed E-state index contributed by atoms with van der Waals surface area (Å²) >= 11 is 0. The molecule has 0 atom stereocenters. The number of aromatic amines is 1. The number of fused-ring (bicyclic) bond motifs is 1. The van der Waals surface area contributed by atoms with E-state index in [1.54, 1.807) is 17.1 Å². The average molecular weight is 397 g/mol. The number of aryl methyl sites for hydroxylation is 2. The molecule has 0 aliphatic carbocycles. The van der Waals surface area contributed by atoms with Crippen molar-refractivity contribution in [3.63, 3.8) is 0 Å². The lowest BCUT2D eigenvalue weighted by Gasteiger charge is -2.28. The Morgan fingerprint density at radius 3 is 2.86 bits per heavy atom. The molecule has 1 aromatic carbocycles. The minimum atomic E-state index is -0.243. The zero-order chi connectivity index (χ0) is 20.8. The predicted octanol–water partition coefficient (Wildman–Crippen LogP) is 4.93. The number of benzene rings is 1. The lowest BCUT2D eigenvalue weighted by Crippen LogP contribution is -2.36. The number of H-pyrrole nitrogens is 1. The number of hydrogen-bond donors (Lipinski definition) is 1. The Hall–Kier alpha value is -2.89. The van der Waals surface area contributed by atoms with Crippen LogP contribution in [0.15, 0.2) is 42.9 Å². The summed E-state index contributed by atoms with van der Waals surface area (Å²) in [5, 5.41) is 5.02. The molecule has 3 aromatic rings. The molecular weight excluding hydrogens is 367 g/mol. The molecule has 0 bridgehead atoms. The molecule has 1 aliphatic heterocycles. The van der Waals surface area contributed by atoms with Crippen molar-refractivity contribution in [3.8, 4) is 0 Å². The third-order valence-electron chi connectivity index (χ3n) is 4.95. The molecule has 0 saturated heterocycles. The summed E-state index contributed by atoms with van der Waals surface area (Å²) in [6.07, 6.45) is 9.73. The molecule has 6 heteroatoms. The average Bonchev–Trinajstić information content (AvgIpc) is 3.42. The summed E-state index contributed by atoms with van der Waals surface area (Å²) in [6, 6.07) is 5.61. The molecule has 3 heterocycles. The quantitative estimate of drug-likeness (QED) is 0.679. The van der Waals surface area contributed by atoms with Crippen LogP contribution in [-0.4, -0.2) is 38.7 Å². The second kappa shape index (κ2) is 9.54. The first-order chi connectivity index (χ1) is 14.0. The third-order valence-corrected chi connectivity index (χ3v) is 4.95. The fraction of sp³-hybridized carbons (Fsp3) is 0.391. The molecule has 1 N–H and O–H groups in total. The van der Waals surface area contributed by atoms with Crippen LogP contribution in [-0.2, 0) is 11.3 Å². The zero-order valence-corrected chi connectivity index (χ0v) is 17.4. The van der Waals surface area contributed by atoms with Crippen molar-refractivity contribution < 1.29 is 9.18 Å². The van der Waals surface area contributed by atoms with Crippen LogP contribution in [0.1, 0.15) is 44.2 Å². The molecule has 0 fully saturated rings. The van der Waals surface area contributed by atoms with Crippen LogP contribution in [0.5, 0.6) is 0 Å². The van der Waals surface area contributed by atoms with Gasteiger partial charge in [0.25, 0.3) is 0 Å². The van der Waals surface area contributed by atoms with E-state index in [2.05, 4.69) is 23.9 Å². The van der Waals surface area contributed by atoms with Crippen molar-refractivity contribution in [2.24, 2.45) is 0 Å². The molecule has 0 spiro atoms. The van der Waals surface area contributed by atoms with Crippen LogP contribution in [0.2, 0.25) is 0 Å². The largest absolute Gasteiger partial charge is 0.359 e. The maximum absolute atomic E-state index is 14.9. The summed E-state index contributed by atoms with van der Waals surface area (Å²) in [5.74, 6) is -0.170. The van der Waals surface area contributed by atoms with Gasteiger partial charge in [0, 0.05) is 55.6 Å². The number of nitrogens with one attached hydrogen (secondary N) is 1. The van der Waals surface area contributed by atoms with E-state index in [4.69, 9.17) is 0 Å². The fourth-order valence-corrected chi connectivity index (χ4v) is 3.56. The van der Waals surface area contributed by atoms with E-state index in [1.807, 2.05) is 42.3 Å². The maximum atomic E-state index is 14.9. The molecule has 1 amide bonds. The van der Waals surface area contributed by atoms with E-state index in [0.29, 0.717) is 37.1 Å². The zero-order valence-electron chi connectivity index (χ0n) is 17.4. The van der Waals surface area contributed by atoms with Gasteiger partial charge in [-0.3, -0.25) is 9.48 Å². The highest BCUT2D eigenvalue weighted by molar-refractivity contribution is 5.88. The number of hydrogen-bond acceptors (Lipinski definition) is 2. The second-order valence-corrected chi connectivity index (χ2v) is 7.38. The van der Waals surface area contributed by atoms with Crippen molar-refractivity contribution >= 4 is 22.4 Å². The van der Waals surface area contributed by atoms with Gasteiger partial charge in [0.2, 0.25) is 5.91 Å². The Bertz CT molecular complexity index is 988. The van der Waals surface area contributed by atoms with Gasteiger partial charge in [-0.2, -0.15) is 5.10 Å². The van der Waals surface area contributed by atoms with Gasteiger partial charge < -0.3 is 9.88 Å². The smallest absolute Gasteiger partial charge is 0.224 e. The number of nitrogens with zero attached hydrogens (tertiary/aromatic N) is 3. The minimum Gasteiger partial charge on any atom is -0.359 e. The summed E-state index contributed by atoms with van der Waals surface area (Å²) < 4.78 is 16.7. The van der Waals surface area contributed by atoms with E-state index < -0.39 is 0 Å². The molecule has 5 nitrogen and oxygen atoms in total. The molecule has 0 radical (unpaired) electrons. The molecular formula is C23H29FN4O. The third kappa shape index (κ3) is 4.75. The van der Waals surface area contributed by atoms with E-state index >= 15 is 0 Å². The first-order valence-corrected chi connectivity index (χ1v) is 10.3. The van der Waals surface area contributed by atoms with Crippen LogP contribution in [0.3, 0.4) is 0 Å². The van der Waals surface area contributed by atoms with Crippen LogP contribution in [0.4, 0.5) is 4.39 Å². The topological polar surface area (TPSA) is 53.9 Å². The van der Waals surface area contributed by atoms with Crippen LogP contribution in [0, 0.1) is 12.7 Å². The Morgan fingerprint density at radius 1 is 1.34 bits per heavy atom. The van der Waals surface area contributed by atoms with Crippen molar-refractivity contribution in [2.75, 3.05) is 13.1 Å². The molecule has 4 rings (SSSR count). The number of aromatic nitrogens is 3. The van der Waals surface area contributed by atoms with Gasteiger partial charge in [-0.25, -0.2) is 4.39 Å². The summed E-state index contributed by atoms with van der Waals surface area (Å²) in [6.45, 7) is 7.91. The molecule has 29 heavy (non-hydrogen) atoms. The Kier molecular flexibility index (Phi) is 6.86. The second-order valence-electron chi connectivity index (χ2n) is 7.38. The fourth-order valence-electron chi connectivity index (χ4n) is 3.56. The van der Waals surface area contributed by atoms with Crippen molar-refractivity contribution in [1.29, 1.82) is 0 Å². The Balaban J connectivity index is 0.000000755. The van der Waals surface area contributed by atoms with Crippen molar-refractivity contribution in [2.45, 2.75) is 46.6 Å². The van der Waals surface area contributed by atoms with Gasteiger partial charge in [0.1, 0.15) is 0 Å². The number of amides is 1. The van der Waals surface area contributed by atoms with E-state index in [1.165, 1.54) is 6.42 Å². The maximum Gasteiger partial charge on any atom is 0.224 e. The summed E-state index contributed by atoms with van der Waals surface area (Å²) in [7, 11) is 0. The van der Waals surface area contributed by atoms with Gasteiger partial charge in [-0.05, 0) is 42.7 Å². The SMILES string of the molecule is CCC.Cc1cc(C2=CCCN(C(=O)CCn3cccn3)C2)c(F)c2[nH]ccc12. The van der Waals surface area contributed by atoms with Crippen molar-refractivity contribution in [3.05, 3.63) is 59.8 Å².